The van der Waals surface area contributed by atoms with Crippen molar-refractivity contribution in [1.82, 2.24) is 9.80 Å². The van der Waals surface area contributed by atoms with Gasteiger partial charge < -0.3 is 14.5 Å². The molecule has 0 radical (unpaired) electrons. The van der Waals surface area contributed by atoms with Gasteiger partial charge in [-0.1, -0.05) is 39.0 Å². The van der Waals surface area contributed by atoms with Crippen molar-refractivity contribution in [3.63, 3.8) is 0 Å². The van der Waals surface area contributed by atoms with Gasteiger partial charge >= 0.3 is 5.97 Å². The summed E-state index contributed by atoms with van der Waals surface area (Å²) >= 11 is 0. The van der Waals surface area contributed by atoms with Crippen LogP contribution in [0.3, 0.4) is 0 Å². The van der Waals surface area contributed by atoms with Crippen molar-refractivity contribution >= 4 is 17.8 Å². The lowest BCUT2D eigenvalue weighted by molar-refractivity contribution is -0.143. The topological polar surface area (TPSA) is 66.9 Å². The largest absolute Gasteiger partial charge is 0.469 e. The highest BCUT2D eigenvalue weighted by Crippen LogP contribution is 2.36. The molecule has 6 nitrogen and oxygen atoms in total. The highest BCUT2D eigenvalue weighted by atomic mass is 16.5. The van der Waals surface area contributed by atoms with Crippen molar-refractivity contribution in [2.24, 2.45) is 5.41 Å². The third-order valence-electron chi connectivity index (χ3n) is 4.22. The number of esters is 1. The highest BCUT2D eigenvalue weighted by Gasteiger charge is 2.51. The molecule has 2 unspecified atom stereocenters. The molecular formula is C18H24N2O4. The summed E-state index contributed by atoms with van der Waals surface area (Å²) in [6.07, 6.45) is -0.586. The maximum atomic E-state index is 13.1. The second kappa shape index (κ2) is 6.63. The Bertz CT molecular complexity index is 636. The molecule has 2 rings (SSSR count). The Morgan fingerprint density at radius 1 is 1.17 bits per heavy atom. The number of amides is 2. The SMILES string of the molecule is COC(=O)CC1C(=O)N(C)C(C(C)(C)C)N1C(=O)c1ccccc1. The Kier molecular flexibility index (Phi) is 4.96. The normalized spacial score (nSPS) is 21.1. The van der Waals surface area contributed by atoms with Crippen LogP contribution in [0, 0.1) is 5.41 Å². The first-order valence-corrected chi connectivity index (χ1v) is 7.89. The molecule has 1 saturated heterocycles. The smallest absolute Gasteiger partial charge is 0.308 e. The van der Waals surface area contributed by atoms with Gasteiger partial charge in [0.05, 0.1) is 13.5 Å². The number of benzene rings is 1. The average molecular weight is 332 g/mol. The molecule has 0 aliphatic carbocycles. The molecule has 24 heavy (non-hydrogen) atoms. The Balaban J connectivity index is 2.47. The second-order valence-electron chi connectivity index (χ2n) is 7.06. The van der Waals surface area contributed by atoms with Crippen molar-refractivity contribution in [3.8, 4) is 0 Å². The van der Waals surface area contributed by atoms with E-state index in [2.05, 4.69) is 0 Å². The maximum absolute atomic E-state index is 13.1. The fourth-order valence-corrected chi connectivity index (χ4v) is 3.24. The number of carbonyl (C=O) groups is 3. The molecule has 1 aromatic rings. The summed E-state index contributed by atoms with van der Waals surface area (Å²) in [4.78, 5) is 40.6. The lowest BCUT2D eigenvalue weighted by atomic mass is 9.90. The van der Waals surface area contributed by atoms with Crippen LogP contribution in [0.15, 0.2) is 30.3 Å². The van der Waals surface area contributed by atoms with Gasteiger partial charge in [-0.15, -0.1) is 0 Å². The molecule has 1 heterocycles. The summed E-state index contributed by atoms with van der Waals surface area (Å²) in [6, 6.07) is 7.94. The van der Waals surface area contributed by atoms with Crippen LogP contribution in [-0.4, -0.2) is 53.9 Å². The van der Waals surface area contributed by atoms with E-state index in [4.69, 9.17) is 4.74 Å². The number of hydrogen-bond acceptors (Lipinski definition) is 4. The van der Waals surface area contributed by atoms with Crippen LogP contribution in [0.1, 0.15) is 37.6 Å². The molecule has 6 heteroatoms. The monoisotopic (exact) mass is 332 g/mol. The van der Waals surface area contributed by atoms with E-state index < -0.39 is 18.2 Å². The number of rotatable bonds is 3. The van der Waals surface area contributed by atoms with Crippen LogP contribution in [0.4, 0.5) is 0 Å². The number of nitrogens with zero attached hydrogens (tertiary/aromatic N) is 2. The minimum atomic E-state index is -0.848. The van der Waals surface area contributed by atoms with Crippen molar-refractivity contribution in [2.75, 3.05) is 14.2 Å². The molecule has 0 N–H and O–H groups in total. The van der Waals surface area contributed by atoms with E-state index in [-0.39, 0.29) is 23.7 Å². The number of hydrogen-bond donors (Lipinski definition) is 0. The van der Waals surface area contributed by atoms with Gasteiger partial charge in [0.15, 0.2) is 0 Å². The van der Waals surface area contributed by atoms with E-state index in [1.54, 1.807) is 36.2 Å². The molecule has 1 fully saturated rings. The van der Waals surface area contributed by atoms with E-state index in [0.717, 1.165) is 0 Å². The summed E-state index contributed by atoms with van der Waals surface area (Å²) in [5, 5.41) is 0. The van der Waals surface area contributed by atoms with Crippen molar-refractivity contribution in [2.45, 2.75) is 39.4 Å². The predicted molar refractivity (Wildman–Crippen MR) is 89.0 cm³/mol. The molecule has 0 bridgehead atoms. The summed E-state index contributed by atoms with van der Waals surface area (Å²) in [5.41, 5.74) is 0.129. The van der Waals surface area contributed by atoms with Crippen molar-refractivity contribution in [3.05, 3.63) is 35.9 Å². The predicted octanol–water partition coefficient (Wildman–Crippen LogP) is 1.90. The van der Waals surface area contributed by atoms with Crippen LogP contribution in [0.2, 0.25) is 0 Å². The maximum Gasteiger partial charge on any atom is 0.308 e. The number of carbonyl (C=O) groups excluding carboxylic acids is 3. The molecule has 0 saturated carbocycles. The summed E-state index contributed by atoms with van der Waals surface area (Å²) in [5.74, 6) is -1.02. The first-order valence-electron chi connectivity index (χ1n) is 7.89. The van der Waals surface area contributed by atoms with Crippen LogP contribution in [-0.2, 0) is 14.3 Å². The van der Waals surface area contributed by atoms with Gasteiger partial charge in [-0.3, -0.25) is 14.4 Å². The van der Waals surface area contributed by atoms with Gasteiger partial charge in [0, 0.05) is 18.0 Å². The average Bonchev–Trinajstić information content (AvgIpc) is 2.79. The zero-order valence-electron chi connectivity index (χ0n) is 14.8. The molecule has 1 aromatic carbocycles. The number of methoxy groups -OCH3 is 1. The number of likely N-dealkylation sites (N-methyl/N-ethyl adjacent to an activating group) is 1. The quantitative estimate of drug-likeness (QED) is 0.793. The standard InChI is InChI=1S/C18H24N2O4/c1-18(2,3)17-19(4)16(23)13(11-14(21)24-5)20(17)15(22)12-9-7-6-8-10-12/h6-10,13,17H,11H2,1-5H3. The third-order valence-corrected chi connectivity index (χ3v) is 4.22. The van der Waals surface area contributed by atoms with Gasteiger partial charge in [0.25, 0.3) is 5.91 Å². The van der Waals surface area contributed by atoms with E-state index in [1.165, 1.54) is 12.0 Å². The molecule has 0 aromatic heterocycles. The zero-order chi connectivity index (χ0) is 18.1. The summed E-state index contributed by atoms with van der Waals surface area (Å²) in [7, 11) is 2.94. The van der Waals surface area contributed by atoms with Crippen LogP contribution >= 0.6 is 0 Å². The lowest BCUT2D eigenvalue weighted by Gasteiger charge is -2.39. The highest BCUT2D eigenvalue weighted by molar-refractivity contribution is 6.01. The number of ether oxygens (including phenoxy) is 1. The van der Waals surface area contributed by atoms with Crippen molar-refractivity contribution in [1.29, 1.82) is 0 Å². The molecule has 1 aliphatic rings. The third kappa shape index (κ3) is 3.27. The van der Waals surface area contributed by atoms with Gasteiger partial charge in [0.1, 0.15) is 12.2 Å². The summed E-state index contributed by atoms with van der Waals surface area (Å²) in [6.45, 7) is 5.90. The van der Waals surface area contributed by atoms with Crippen molar-refractivity contribution < 1.29 is 19.1 Å². The first kappa shape index (κ1) is 18.0. The fraction of sp³-hybridized carbons (Fsp3) is 0.500. The zero-order valence-corrected chi connectivity index (χ0v) is 14.8. The Labute approximate surface area is 142 Å². The minimum Gasteiger partial charge on any atom is -0.469 e. The van der Waals surface area contributed by atoms with Crippen LogP contribution < -0.4 is 0 Å². The Morgan fingerprint density at radius 3 is 2.25 bits per heavy atom. The Hall–Kier alpha value is -2.37. The molecule has 2 amide bonds. The minimum absolute atomic E-state index is 0.148. The van der Waals surface area contributed by atoms with E-state index >= 15 is 0 Å². The second-order valence-corrected chi connectivity index (χ2v) is 7.06. The molecule has 1 aliphatic heterocycles. The van der Waals surface area contributed by atoms with E-state index in [1.807, 2.05) is 26.8 Å². The molecule has 130 valence electrons. The van der Waals surface area contributed by atoms with E-state index in [9.17, 15) is 14.4 Å². The molecule has 2 atom stereocenters. The molecule has 0 spiro atoms. The lowest BCUT2D eigenvalue weighted by Crippen LogP contribution is -2.51. The fourth-order valence-electron chi connectivity index (χ4n) is 3.24. The van der Waals surface area contributed by atoms with Gasteiger partial charge in [0.2, 0.25) is 5.91 Å². The van der Waals surface area contributed by atoms with Gasteiger partial charge in [-0.05, 0) is 12.1 Å². The van der Waals surface area contributed by atoms with Crippen LogP contribution in [0.5, 0.6) is 0 Å². The first-order chi connectivity index (χ1) is 11.2. The molecular weight excluding hydrogens is 308 g/mol. The van der Waals surface area contributed by atoms with Gasteiger partial charge in [-0.2, -0.15) is 0 Å². The summed E-state index contributed by atoms with van der Waals surface area (Å²) < 4.78 is 4.70. The Morgan fingerprint density at radius 2 is 1.75 bits per heavy atom. The van der Waals surface area contributed by atoms with E-state index in [0.29, 0.717) is 5.56 Å². The van der Waals surface area contributed by atoms with Gasteiger partial charge in [-0.25, -0.2) is 0 Å². The van der Waals surface area contributed by atoms with Crippen LogP contribution in [0.25, 0.3) is 0 Å².